The van der Waals surface area contributed by atoms with Gasteiger partial charge in [0.05, 0.1) is 17.9 Å². The van der Waals surface area contributed by atoms with Crippen LogP contribution < -0.4 is 5.66 Å². The molecule has 6 heteroatoms. The Morgan fingerprint density at radius 2 is 2.24 bits per heavy atom. The van der Waals surface area contributed by atoms with Crippen LogP contribution in [0.3, 0.4) is 0 Å². The van der Waals surface area contributed by atoms with Crippen molar-refractivity contribution in [2.45, 2.75) is 39.3 Å². The van der Waals surface area contributed by atoms with Gasteiger partial charge in [0.25, 0.3) is 0 Å². The van der Waals surface area contributed by atoms with Gasteiger partial charge in [0.1, 0.15) is 5.60 Å². The monoisotopic (exact) mass is 234 g/mol. The van der Waals surface area contributed by atoms with E-state index < -0.39 is 5.60 Å². The van der Waals surface area contributed by atoms with Crippen LogP contribution in [0, 0.1) is 0 Å². The third-order valence-electron chi connectivity index (χ3n) is 2.52. The number of hydrogen-bond acceptors (Lipinski definition) is 4. The highest BCUT2D eigenvalue weighted by molar-refractivity contribution is 6.30. The van der Waals surface area contributed by atoms with Crippen molar-refractivity contribution in [2.75, 3.05) is 6.54 Å². The molecule has 0 spiro atoms. The predicted octanol–water partition coefficient (Wildman–Crippen LogP) is 0.762. The fourth-order valence-electron chi connectivity index (χ4n) is 1.72. The van der Waals surface area contributed by atoms with Crippen molar-refractivity contribution in [3.63, 3.8) is 0 Å². The number of nitrogens with zero attached hydrogens (tertiary/aromatic N) is 2. The van der Waals surface area contributed by atoms with Crippen LogP contribution in [-0.2, 0) is 17.7 Å². The van der Waals surface area contributed by atoms with Crippen LogP contribution >= 0.6 is 0 Å². The van der Waals surface area contributed by atoms with Gasteiger partial charge in [0.2, 0.25) is 0 Å². The molecule has 2 heterocycles. The standard InChI is InChI=1S/C11H15BN2O3/c1-11(2,3)16-10(15)14-5-4-8-7(6-14)9(12)17-13-8/h4-6H2,1-3H3. The van der Waals surface area contributed by atoms with Crippen molar-refractivity contribution in [1.29, 1.82) is 0 Å². The highest BCUT2D eigenvalue weighted by atomic mass is 16.6. The molecular formula is C11H15BN2O3. The summed E-state index contributed by atoms with van der Waals surface area (Å²) in [6, 6.07) is 0. The number of carbonyl (C=O) groups excluding carboxylic acids is 1. The number of amides is 1. The Balaban J connectivity index is 2.07. The fourth-order valence-corrected chi connectivity index (χ4v) is 1.72. The second kappa shape index (κ2) is 4.09. The van der Waals surface area contributed by atoms with Crippen LogP contribution in [0.4, 0.5) is 4.79 Å². The largest absolute Gasteiger partial charge is 0.444 e. The molecule has 0 saturated carbocycles. The molecule has 5 nitrogen and oxygen atoms in total. The summed E-state index contributed by atoms with van der Waals surface area (Å²) in [6.07, 6.45) is 0.318. The Morgan fingerprint density at radius 3 is 2.88 bits per heavy atom. The van der Waals surface area contributed by atoms with Gasteiger partial charge in [-0.1, -0.05) is 5.16 Å². The zero-order valence-corrected chi connectivity index (χ0v) is 10.3. The van der Waals surface area contributed by atoms with Gasteiger partial charge in [-0.2, -0.15) is 0 Å². The second-order valence-corrected chi connectivity index (χ2v) is 5.12. The zero-order valence-electron chi connectivity index (χ0n) is 10.3. The van der Waals surface area contributed by atoms with E-state index in [4.69, 9.17) is 17.1 Å². The molecule has 0 N–H and O–H groups in total. The lowest BCUT2D eigenvalue weighted by Crippen LogP contribution is -2.40. The smallest absolute Gasteiger partial charge is 0.410 e. The first kappa shape index (κ1) is 12.0. The minimum Gasteiger partial charge on any atom is -0.444 e. The molecule has 17 heavy (non-hydrogen) atoms. The lowest BCUT2D eigenvalue weighted by molar-refractivity contribution is 0.0224. The average molecular weight is 234 g/mol. The maximum atomic E-state index is 11.9. The minimum atomic E-state index is -0.489. The molecule has 0 fully saturated rings. The van der Waals surface area contributed by atoms with E-state index in [2.05, 4.69) is 5.16 Å². The maximum absolute atomic E-state index is 11.9. The average Bonchev–Trinajstić information content (AvgIpc) is 2.57. The van der Waals surface area contributed by atoms with E-state index in [-0.39, 0.29) is 11.8 Å². The molecule has 0 aromatic carbocycles. The number of carbonyl (C=O) groups is 1. The molecule has 1 amide bonds. The van der Waals surface area contributed by atoms with Gasteiger partial charge in [-0.05, 0) is 20.8 Å². The third kappa shape index (κ3) is 2.62. The summed E-state index contributed by atoms with van der Waals surface area (Å²) in [6.45, 7) is 6.50. The van der Waals surface area contributed by atoms with E-state index in [1.54, 1.807) is 4.90 Å². The molecule has 0 atom stereocenters. The van der Waals surface area contributed by atoms with E-state index >= 15 is 0 Å². The summed E-state index contributed by atoms with van der Waals surface area (Å²) in [4.78, 5) is 13.5. The topological polar surface area (TPSA) is 55.6 Å². The van der Waals surface area contributed by atoms with Crippen molar-refractivity contribution in [3.05, 3.63) is 11.3 Å². The molecule has 0 bridgehead atoms. The number of ether oxygens (including phenoxy) is 1. The number of rotatable bonds is 0. The van der Waals surface area contributed by atoms with Gasteiger partial charge in [-0.25, -0.2) is 4.79 Å². The van der Waals surface area contributed by atoms with Crippen LogP contribution in [0.15, 0.2) is 4.52 Å². The van der Waals surface area contributed by atoms with Crippen molar-refractivity contribution < 1.29 is 14.1 Å². The molecular weight excluding hydrogens is 219 g/mol. The molecule has 1 aliphatic rings. The number of aromatic nitrogens is 1. The first-order valence-electron chi connectivity index (χ1n) is 5.57. The second-order valence-electron chi connectivity index (χ2n) is 5.12. The van der Waals surface area contributed by atoms with E-state index in [0.717, 1.165) is 11.3 Å². The van der Waals surface area contributed by atoms with E-state index in [1.807, 2.05) is 20.8 Å². The van der Waals surface area contributed by atoms with Crippen LogP contribution in [0.1, 0.15) is 32.0 Å². The third-order valence-corrected chi connectivity index (χ3v) is 2.52. The Kier molecular flexibility index (Phi) is 2.89. The van der Waals surface area contributed by atoms with E-state index in [0.29, 0.717) is 19.5 Å². The highest BCUT2D eigenvalue weighted by Gasteiger charge is 2.28. The number of hydrogen-bond donors (Lipinski definition) is 0. The first-order valence-corrected chi connectivity index (χ1v) is 5.57. The summed E-state index contributed by atoms with van der Waals surface area (Å²) in [5.41, 5.74) is 1.43. The van der Waals surface area contributed by atoms with Gasteiger partial charge in [0.15, 0.2) is 7.85 Å². The van der Waals surface area contributed by atoms with Crippen LogP contribution in [0.25, 0.3) is 0 Å². The molecule has 2 radical (unpaired) electrons. The lowest BCUT2D eigenvalue weighted by Gasteiger charge is -2.29. The Hall–Kier alpha value is -1.46. The minimum absolute atomic E-state index is 0.285. The van der Waals surface area contributed by atoms with E-state index in [9.17, 15) is 4.79 Å². The molecule has 90 valence electrons. The van der Waals surface area contributed by atoms with Crippen molar-refractivity contribution >= 4 is 19.6 Å². The van der Waals surface area contributed by atoms with Gasteiger partial charge in [-0.3, -0.25) is 0 Å². The highest BCUT2D eigenvalue weighted by Crippen LogP contribution is 2.18. The first-order chi connectivity index (χ1) is 7.87. The Bertz CT molecular complexity index is 436. The Morgan fingerprint density at radius 1 is 1.53 bits per heavy atom. The summed E-state index contributed by atoms with van der Waals surface area (Å²) in [5.74, 6) is 0. The lowest BCUT2D eigenvalue weighted by atomic mass is 9.96. The quantitative estimate of drug-likeness (QED) is 0.622. The van der Waals surface area contributed by atoms with Gasteiger partial charge in [-0.15, -0.1) is 0 Å². The maximum Gasteiger partial charge on any atom is 0.410 e. The summed E-state index contributed by atoms with van der Waals surface area (Å²) in [5, 5.41) is 3.85. The SMILES string of the molecule is [B]c1onc2c1CN(C(=O)OC(C)(C)C)CC2. The summed E-state index contributed by atoms with van der Waals surface area (Å²) in [7, 11) is 5.64. The molecule has 1 aromatic heterocycles. The molecule has 0 saturated heterocycles. The van der Waals surface area contributed by atoms with Crippen LogP contribution in [0.5, 0.6) is 0 Å². The van der Waals surface area contributed by atoms with E-state index in [1.165, 1.54) is 0 Å². The summed E-state index contributed by atoms with van der Waals surface area (Å²) >= 11 is 0. The van der Waals surface area contributed by atoms with Crippen molar-refractivity contribution in [2.24, 2.45) is 0 Å². The van der Waals surface area contributed by atoms with Crippen molar-refractivity contribution in [1.82, 2.24) is 10.1 Å². The van der Waals surface area contributed by atoms with Crippen molar-refractivity contribution in [3.8, 4) is 0 Å². The zero-order chi connectivity index (χ0) is 12.6. The van der Waals surface area contributed by atoms with Crippen LogP contribution in [0.2, 0.25) is 0 Å². The van der Waals surface area contributed by atoms with Gasteiger partial charge < -0.3 is 14.2 Å². The fraction of sp³-hybridized carbons (Fsp3) is 0.636. The van der Waals surface area contributed by atoms with Crippen LogP contribution in [-0.4, -0.2) is 36.1 Å². The van der Waals surface area contributed by atoms with Gasteiger partial charge in [0, 0.05) is 18.5 Å². The number of fused-ring (bicyclic) bond motifs is 1. The molecule has 2 rings (SSSR count). The predicted molar refractivity (Wildman–Crippen MR) is 62.2 cm³/mol. The normalized spacial score (nSPS) is 15.6. The Labute approximate surface area is 101 Å². The molecule has 1 aromatic rings. The summed E-state index contributed by atoms with van der Waals surface area (Å²) < 4.78 is 10.2. The molecule has 1 aliphatic heterocycles. The molecule has 0 aliphatic carbocycles. The van der Waals surface area contributed by atoms with Gasteiger partial charge >= 0.3 is 6.09 Å². The molecule has 0 unspecified atom stereocenters.